The normalized spacial score (nSPS) is 14.8. The van der Waals surface area contributed by atoms with Crippen LogP contribution in [-0.4, -0.2) is 37.0 Å². The number of amides is 2. The number of carbonyl (C=O) groups is 2. The minimum Gasteiger partial charge on any atom is -0.494 e. The number of benzene rings is 2. The number of carbonyl (C=O) groups excluding carboxylic acids is 2. The van der Waals surface area contributed by atoms with Gasteiger partial charge in [-0.3, -0.25) is 14.5 Å². The minimum absolute atomic E-state index is 0.178. The third-order valence-electron chi connectivity index (χ3n) is 5.14. The lowest BCUT2D eigenvalue weighted by Crippen LogP contribution is -2.45. The number of aryl methyl sites for hydroxylation is 1. The van der Waals surface area contributed by atoms with Gasteiger partial charge < -0.3 is 9.47 Å². The molecule has 0 aliphatic carbocycles. The van der Waals surface area contributed by atoms with E-state index in [2.05, 4.69) is 6.92 Å². The van der Waals surface area contributed by atoms with Gasteiger partial charge in [0.2, 0.25) is 5.91 Å². The highest BCUT2D eigenvalue weighted by Crippen LogP contribution is 2.34. The molecule has 5 heteroatoms. The van der Waals surface area contributed by atoms with Crippen molar-refractivity contribution in [1.82, 2.24) is 4.90 Å². The van der Waals surface area contributed by atoms with Crippen LogP contribution in [0.4, 0.5) is 0 Å². The van der Waals surface area contributed by atoms with Crippen LogP contribution < -0.4 is 4.74 Å². The summed E-state index contributed by atoms with van der Waals surface area (Å²) in [5, 5.41) is 0. The Labute approximate surface area is 166 Å². The standard InChI is InChI=1S/C23H27NO4/c1-4-16-10-11-18(14-21(16)28-5-2)20(12-13-27-3)24-22(25)15-17-8-6-7-9-19(17)23(24)26/h6-11,14,20H,4-5,12-13,15H2,1-3H3. The van der Waals surface area contributed by atoms with E-state index in [0.29, 0.717) is 25.2 Å². The van der Waals surface area contributed by atoms with Gasteiger partial charge in [0.15, 0.2) is 0 Å². The predicted octanol–water partition coefficient (Wildman–Crippen LogP) is 3.95. The van der Waals surface area contributed by atoms with Crippen LogP contribution in [0.25, 0.3) is 0 Å². The number of hydrogen-bond acceptors (Lipinski definition) is 4. The molecule has 148 valence electrons. The molecule has 2 aromatic carbocycles. The summed E-state index contributed by atoms with van der Waals surface area (Å²) in [6.45, 7) is 5.04. The van der Waals surface area contributed by atoms with Crippen molar-refractivity contribution in [2.75, 3.05) is 20.3 Å². The van der Waals surface area contributed by atoms with E-state index in [0.717, 1.165) is 28.9 Å². The SMILES string of the molecule is CCOc1cc(C(CCOC)N2C(=O)Cc3ccccc3C2=O)ccc1CC. The van der Waals surface area contributed by atoms with Gasteiger partial charge in [-0.15, -0.1) is 0 Å². The quantitative estimate of drug-likeness (QED) is 0.650. The molecular formula is C23H27NO4. The highest BCUT2D eigenvalue weighted by molar-refractivity contribution is 6.10. The van der Waals surface area contributed by atoms with Gasteiger partial charge in [0.05, 0.1) is 19.1 Å². The Balaban J connectivity index is 2.02. The third-order valence-corrected chi connectivity index (χ3v) is 5.14. The fourth-order valence-electron chi connectivity index (χ4n) is 3.72. The van der Waals surface area contributed by atoms with Gasteiger partial charge in [-0.05, 0) is 48.6 Å². The molecule has 0 saturated heterocycles. The van der Waals surface area contributed by atoms with Crippen LogP contribution in [0.5, 0.6) is 5.75 Å². The summed E-state index contributed by atoms with van der Waals surface area (Å²) in [6.07, 6.45) is 1.62. The summed E-state index contributed by atoms with van der Waals surface area (Å²) in [4.78, 5) is 27.5. The van der Waals surface area contributed by atoms with E-state index in [1.165, 1.54) is 4.90 Å². The molecule has 1 aliphatic heterocycles. The molecule has 5 nitrogen and oxygen atoms in total. The summed E-state index contributed by atoms with van der Waals surface area (Å²) >= 11 is 0. The van der Waals surface area contributed by atoms with Crippen LogP contribution in [0.1, 0.15) is 53.4 Å². The predicted molar refractivity (Wildman–Crippen MR) is 108 cm³/mol. The molecule has 0 saturated carbocycles. The van der Waals surface area contributed by atoms with Gasteiger partial charge in [-0.1, -0.05) is 37.3 Å². The molecule has 0 spiro atoms. The Morgan fingerprint density at radius 2 is 1.89 bits per heavy atom. The van der Waals surface area contributed by atoms with Crippen molar-refractivity contribution in [1.29, 1.82) is 0 Å². The van der Waals surface area contributed by atoms with E-state index in [4.69, 9.17) is 9.47 Å². The number of fused-ring (bicyclic) bond motifs is 1. The molecule has 2 amide bonds. The molecule has 1 heterocycles. The molecule has 28 heavy (non-hydrogen) atoms. The first kappa shape index (κ1) is 20.1. The second-order valence-electron chi connectivity index (χ2n) is 6.85. The summed E-state index contributed by atoms with van der Waals surface area (Å²) in [5.41, 5.74) is 3.38. The zero-order valence-electron chi connectivity index (χ0n) is 16.7. The third kappa shape index (κ3) is 3.94. The average molecular weight is 381 g/mol. The molecule has 0 N–H and O–H groups in total. The van der Waals surface area contributed by atoms with Gasteiger partial charge in [0.1, 0.15) is 5.75 Å². The highest BCUT2D eigenvalue weighted by atomic mass is 16.5. The molecule has 3 rings (SSSR count). The smallest absolute Gasteiger partial charge is 0.261 e. The zero-order chi connectivity index (χ0) is 20.1. The fraction of sp³-hybridized carbons (Fsp3) is 0.391. The maximum atomic E-state index is 13.2. The largest absolute Gasteiger partial charge is 0.494 e. The van der Waals surface area contributed by atoms with Crippen molar-refractivity contribution >= 4 is 11.8 Å². The number of hydrogen-bond donors (Lipinski definition) is 0. The van der Waals surface area contributed by atoms with Crippen LogP contribution in [0, 0.1) is 0 Å². The Morgan fingerprint density at radius 3 is 2.61 bits per heavy atom. The second-order valence-corrected chi connectivity index (χ2v) is 6.85. The van der Waals surface area contributed by atoms with Gasteiger partial charge in [-0.2, -0.15) is 0 Å². The molecule has 2 aromatic rings. The Morgan fingerprint density at radius 1 is 1.11 bits per heavy atom. The van der Waals surface area contributed by atoms with Crippen LogP contribution >= 0.6 is 0 Å². The fourth-order valence-corrected chi connectivity index (χ4v) is 3.72. The summed E-state index contributed by atoms with van der Waals surface area (Å²) < 4.78 is 11.1. The van der Waals surface area contributed by atoms with Crippen molar-refractivity contribution in [2.45, 2.75) is 39.2 Å². The number of ether oxygens (including phenoxy) is 2. The van der Waals surface area contributed by atoms with Crippen molar-refractivity contribution in [3.05, 3.63) is 64.7 Å². The molecule has 0 radical (unpaired) electrons. The van der Waals surface area contributed by atoms with E-state index >= 15 is 0 Å². The van der Waals surface area contributed by atoms with Crippen molar-refractivity contribution in [2.24, 2.45) is 0 Å². The summed E-state index contributed by atoms with van der Waals surface area (Å²) in [5.74, 6) is 0.384. The lowest BCUT2D eigenvalue weighted by molar-refractivity contribution is -0.130. The topological polar surface area (TPSA) is 55.8 Å². The molecule has 0 bridgehead atoms. The van der Waals surface area contributed by atoms with E-state index in [1.54, 1.807) is 13.2 Å². The zero-order valence-corrected chi connectivity index (χ0v) is 16.7. The minimum atomic E-state index is -0.390. The Hall–Kier alpha value is -2.66. The van der Waals surface area contributed by atoms with Gasteiger partial charge >= 0.3 is 0 Å². The Kier molecular flexibility index (Phi) is 6.47. The molecule has 0 aromatic heterocycles. The number of rotatable bonds is 8. The lowest BCUT2D eigenvalue weighted by atomic mass is 9.93. The van der Waals surface area contributed by atoms with Crippen LogP contribution in [0.15, 0.2) is 42.5 Å². The first-order valence-electron chi connectivity index (χ1n) is 9.79. The summed E-state index contributed by atoms with van der Waals surface area (Å²) in [7, 11) is 1.62. The summed E-state index contributed by atoms with van der Waals surface area (Å²) in [6, 6.07) is 12.9. The monoisotopic (exact) mass is 381 g/mol. The van der Waals surface area contributed by atoms with E-state index in [-0.39, 0.29) is 18.2 Å². The molecule has 1 unspecified atom stereocenters. The van der Waals surface area contributed by atoms with Gasteiger partial charge in [-0.25, -0.2) is 0 Å². The highest BCUT2D eigenvalue weighted by Gasteiger charge is 2.36. The number of imide groups is 1. The molecule has 1 atom stereocenters. The van der Waals surface area contributed by atoms with Crippen LogP contribution in [0.3, 0.4) is 0 Å². The van der Waals surface area contributed by atoms with E-state index in [9.17, 15) is 9.59 Å². The average Bonchev–Trinajstić information content (AvgIpc) is 2.70. The van der Waals surface area contributed by atoms with E-state index < -0.39 is 6.04 Å². The number of methoxy groups -OCH3 is 1. The molecular weight excluding hydrogens is 354 g/mol. The van der Waals surface area contributed by atoms with Gasteiger partial charge in [0.25, 0.3) is 5.91 Å². The second kappa shape index (κ2) is 9.02. The van der Waals surface area contributed by atoms with Crippen LogP contribution in [0.2, 0.25) is 0 Å². The van der Waals surface area contributed by atoms with Crippen molar-refractivity contribution in [3.63, 3.8) is 0 Å². The lowest BCUT2D eigenvalue weighted by Gasteiger charge is -2.34. The first-order chi connectivity index (χ1) is 13.6. The van der Waals surface area contributed by atoms with Crippen LogP contribution in [-0.2, 0) is 22.4 Å². The van der Waals surface area contributed by atoms with Crippen molar-refractivity contribution in [3.8, 4) is 5.75 Å². The number of nitrogens with zero attached hydrogens (tertiary/aromatic N) is 1. The van der Waals surface area contributed by atoms with Crippen molar-refractivity contribution < 1.29 is 19.1 Å². The van der Waals surface area contributed by atoms with E-state index in [1.807, 2.05) is 43.3 Å². The molecule has 1 aliphatic rings. The maximum absolute atomic E-state index is 13.2. The first-order valence-corrected chi connectivity index (χ1v) is 9.79. The maximum Gasteiger partial charge on any atom is 0.261 e. The Bertz CT molecular complexity index is 861. The van der Waals surface area contributed by atoms with Gasteiger partial charge in [0, 0.05) is 19.3 Å². The molecule has 0 fully saturated rings.